The van der Waals surface area contributed by atoms with Crippen molar-refractivity contribution in [2.45, 2.75) is 12.8 Å². The second kappa shape index (κ2) is 8.10. The van der Waals surface area contributed by atoms with Crippen molar-refractivity contribution in [1.29, 1.82) is 0 Å². The maximum absolute atomic E-state index is 8.64. The minimum Gasteiger partial charge on any atom is -0.379 e. The lowest BCUT2D eigenvalue weighted by Crippen LogP contribution is -2.44. The number of rotatable bonds is 9. The van der Waals surface area contributed by atoms with Gasteiger partial charge in [-0.1, -0.05) is 0 Å². The first-order valence-corrected chi connectivity index (χ1v) is 4.53. The average Bonchev–Trinajstić information content (AvgIpc) is 2.08. The van der Waals surface area contributed by atoms with Crippen LogP contribution in [-0.2, 0) is 14.2 Å². The van der Waals surface area contributed by atoms with Gasteiger partial charge in [-0.05, 0) is 6.92 Å². The zero-order valence-electron chi connectivity index (χ0n) is 8.44. The SMILES string of the molecule is CCOCCOCCOCC(N)(O)O. The molecule has 0 aliphatic heterocycles. The number of aliphatic hydroxyl groups is 2. The average molecular weight is 209 g/mol. The van der Waals surface area contributed by atoms with Crippen LogP contribution in [0.3, 0.4) is 0 Å². The summed E-state index contributed by atoms with van der Waals surface area (Å²) < 4.78 is 14.9. The highest BCUT2D eigenvalue weighted by Gasteiger charge is 2.14. The summed E-state index contributed by atoms with van der Waals surface area (Å²) in [7, 11) is 0. The number of ether oxygens (including phenoxy) is 3. The molecular formula is C8H19NO5. The summed E-state index contributed by atoms with van der Waals surface area (Å²) in [5.74, 6) is -2.26. The number of nitrogens with two attached hydrogens (primary N) is 1. The third-order valence-electron chi connectivity index (χ3n) is 1.26. The Balaban J connectivity index is 2.99. The Morgan fingerprint density at radius 2 is 1.50 bits per heavy atom. The van der Waals surface area contributed by atoms with Gasteiger partial charge in [-0.25, -0.2) is 0 Å². The van der Waals surface area contributed by atoms with E-state index in [0.29, 0.717) is 26.4 Å². The molecule has 0 aromatic carbocycles. The van der Waals surface area contributed by atoms with E-state index >= 15 is 0 Å². The fourth-order valence-corrected chi connectivity index (χ4v) is 0.704. The van der Waals surface area contributed by atoms with Gasteiger partial charge >= 0.3 is 0 Å². The molecule has 4 N–H and O–H groups in total. The molecule has 86 valence electrons. The molecule has 6 heteroatoms. The normalized spacial score (nSPS) is 12.0. The molecule has 0 aliphatic carbocycles. The lowest BCUT2D eigenvalue weighted by Gasteiger charge is -2.15. The maximum atomic E-state index is 8.64. The van der Waals surface area contributed by atoms with E-state index in [1.807, 2.05) is 6.92 Å². The van der Waals surface area contributed by atoms with Gasteiger partial charge in [0, 0.05) is 6.61 Å². The predicted octanol–water partition coefficient (Wildman–Crippen LogP) is -1.35. The topological polar surface area (TPSA) is 94.2 Å². The van der Waals surface area contributed by atoms with Gasteiger partial charge < -0.3 is 24.4 Å². The monoisotopic (exact) mass is 209 g/mol. The first-order chi connectivity index (χ1) is 6.56. The van der Waals surface area contributed by atoms with Crippen LogP contribution in [0.15, 0.2) is 0 Å². The van der Waals surface area contributed by atoms with E-state index in [1.54, 1.807) is 0 Å². The minimum absolute atomic E-state index is 0.270. The van der Waals surface area contributed by atoms with Gasteiger partial charge in [-0.15, -0.1) is 0 Å². The molecule has 0 heterocycles. The Labute approximate surface area is 83.6 Å². The molecule has 0 atom stereocenters. The van der Waals surface area contributed by atoms with Crippen molar-refractivity contribution in [1.82, 2.24) is 0 Å². The highest BCUT2D eigenvalue weighted by molar-refractivity contribution is 4.49. The molecule has 0 radical (unpaired) electrons. The lowest BCUT2D eigenvalue weighted by molar-refractivity contribution is -0.195. The second-order valence-corrected chi connectivity index (χ2v) is 2.74. The summed E-state index contributed by atoms with van der Waals surface area (Å²) in [6.07, 6.45) is 0. The highest BCUT2D eigenvalue weighted by Crippen LogP contribution is 1.89. The van der Waals surface area contributed by atoms with Crippen LogP contribution in [0, 0.1) is 0 Å². The van der Waals surface area contributed by atoms with E-state index < -0.39 is 5.91 Å². The first kappa shape index (κ1) is 13.8. The number of hydrogen-bond acceptors (Lipinski definition) is 6. The largest absolute Gasteiger partial charge is 0.379 e. The zero-order valence-corrected chi connectivity index (χ0v) is 8.44. The Kier molecular flexibility index (Phi) is 7.96. The molecule has 0 aromatic rings. The van der Waals surface area contributed by atoms with Gasteiger partial charge in [0.05, 0.1) is 26.4 Å². The van der Waals surface area contributed by atoms with E-state index in [-0.39, 0.29) is 13.2 Å². The summed E-state index contributed by atoms with van der Waals surface area (Å²) in [6, 6.07) is 0. The smallest absolute Gasteiger partial charge is 0.244 e. The Morgan fingerprint density at radius 3 is 2.00 bits per heavy atom. The van der Waals surface area contributed by atoms with E-state index in [0.717, 1.165) is 0 Å². The number of hydrogen-bond donors (Lipinski definition) is 3. The summed E-state index contributed by atoms with van der Waals surface area (Å²) in [5.41, 5.74) is 4.84. The van der Waals surface area contributed by atoms with Gasteiger partial charge in [0.1, 0.15) is 6.61 Å². The predicted molar refractivity (Wildman–Crippen MR) is 49.5 cm³/mol. The third kappa shape index (κ3) is 11.8. The minimum atomic E-state index is -2.26. The molecule has 0 bridgehead atoms. The molecule has 0 saturated carbocycles. The van der Waals surface area contributed by atoms with E-state index in [2.05, 4.69) is 0 Å². The molecule has 0 aliphatic rings. The van der Waals surface area contributed by atoms with E-state index in [9.17, 15) is 0 Å². The molecule has 0 spiro atoms. The fourth-order valence-electron chi connectivity index (χ4n) is 0.704. The Bertz CT molecular complexity index is 125. The molecule has 6 nitrogen and oxygen atoms in total. The second-order valence-electron chi connectivity index (χ2n) is 2.74. The van der Waals surface area contributed by atoms with Gasteiger partial charge in [0.15, 0.2) is 0 Å². The van der Waals surface area contributed by atoms with Crippen LogP contribution >= 0.6 is 0 Å². The van der Waals surface area contributed by atoms with Crippen molar-refractivity contribution in [3.05, 3.63) is 0 Å². The van der Waals surface area contributed by atoms with Crippen LogP contribution in [0.25, 0.3) is 0 Å². The summed E-state index contributed by atoms with van der Waals surface area (Å²) in [4.78, 5) is 0. The van der Waals surface area contributed by atoms with Crippen molar-refractivity contribution in [3.8, 4) is 0 Å². The van der Waals surface area contributed by atoms with E-state index in [4.69, 9.17) is 30.2 Å². The van der Waals surface area contributed by atoms with Crippen LogP contribution in [-0.4, -0.2) is 55.8 Å². The van der Waals surface area contributed by atoms with Crippen LogP contribution < -0.4 is 5.73 Å². The van der Waals surface area contributed by atoms with Crippen LogP contribution in [0.5, 0.6) is 0 Å². The molecule has 0 saturated heterocycles. The van der Waals surface area contributed by atoms with Gasteiger partial charge in [0.2, 0.25) is 5.91 Å². The fraction of sp³-hybridized carbons (Fsp3) is 1.00. The molecule has 14 heavy (non-hydrogen) atoms. The van der Waals surface area contributed by atoms with Crippen molar-refractivity contribution in [2.75, 3.05) is 39.6 Å². The Hall–Kier alpha value is -0.240. The molecule has 0 rings (SSSR count). The quantitative estimate of drug-likeness (QED) is 0.321. The van der Waals surface area contributed by atoms with Crippen molar-refractivity contribution in [2.24, 2.45) is 5.73 Å². The summed E-state index contributed by atoms with van der Waals surface area (Å²) in [5, 5.41) is 17.3. The first-order valence-electron chi connectivity index (χ1n) is 4.53. The van der Waals surface area contributed by atoms with Crippen molar-refractivity contribution >= 4 is 0 Å². The van der Waals surface area contributed by atoms with Crippen molar-refractivity contribution in [3.63, 3.8) is 0 Å². The van der Waals surface area contributed by atoms with Crippen molar-refractivity contribution < 1.29 is 24.4 Å². The molecule has 0 amide bonds. The van der Waals surface area contributed by atoms with Crippen LogP contribution in [0.4, 0.5) is 0 Å². The van der Waals surface area contributed by atoms with Crippen LogP contribution in [0.1, 0.15) is 6.92 Å². The standard InChI is InChI=1S/C8H19NO5/c1-2-12-3-4-13-5-6-14-7-8(9,10)11/h10-11H,2-7,9H2,1H3. The third-order valence-corrected chi connectivity index (χ3v) is 1.26. The van der Waals surface area contributed by atoms with Gasteiger partial charge in [-0.3, -0.25) is 5.73 Å². The summed E-state index contributed by atoms with van der Waals surface area (Å²) in [6.45, 7) is 3.95. The highest BCUT2D eigenvalue weighted by atomic mass is 16.6. The van der Waals surface area contributed by atoms with Gasteiger partial charge in [0.25, 0.3) is 0 Å². The maximum Gasteiger partial charge on any atom is 0.244 e. The Morgan fingerprint density at radius 1 is 1.00 bits per heavy atom. The zero-order chi connectivity index (χ0) is 10.9. The van der Waals surface area contributed by atoms with E-state index in [1.165, 1.54) is 0 Å². The molecular weight excluding hydrogens is 190 g/mol. The summed E-state index contributed by atoms with van der Waals surface area (Å²) >= 11 is 0. The molecule has 0 aromatic heterocycles. The molecule has 0 fully saturated rings. The van der Waals surface area contributed by atoms with Gasteiger partial charge in [-0.2, -0.15) is 0 Å². The lowest BCUT2D eigenvalue weighted by atomic mass is 10.5. The molecule has 0 unspecified atom stereocenters. The van der Waals surface area contributed by atoms with Crippen LogP contribution in [0.2, 0.25) is 0 Å².